The third kappa shape index (κ3) is 2.97. The molecular weight excluding hydrogens is 260 g/mol. The smallest absolute Gasteiger partial charge is 0.241 e. The van der Waals surface area contributed by atoms with Crippen LogP contribution in [0.3, 0.4) is 0 Å². The van der Waals surface area contributed by atoms with Gasteiger partial charge in [0, 0.05) is 17.7 Å². The number of nitrogens with zero attached hydrogens (tertiary/aromatic N) is 1. The van der Waals surface area contributed by atoms with E-state index in [1.54, 1.807) is 11.8 Å². The van der Waals surface area contributed by atoms with Crippen molar-refractivity contribution in [1.29, 1.82) is 0 Å². The van der Waals surface area contributed by atoms with E-state index in [-0.39, 0.29) is 35.1 Å². The van der Waals surface area contributed by atoms with Crippen molar-refractivity contribution in [3.63, 3.8) is 0 Å². The Bertz CT molecular complexity index is 370. The first-order valence-electron chi connectivity index (χ1n) is 7.15. The third-order valence-electron chi connectivity index (χ3n) is 3.78. The summed E-state index contributed by atoms with van der Waals surface area (Å²) in [5.41, 5.74) is 0. The van der Waals surface area contributed by atoms with Crippen molar-refractivity contribution in [3.05, 3.63) is 0 Å². The van der Waals surface area contributed by atoms with Crippen molar-refractivity contribution in [3.8, 4) is 0 Å². The molecule has 3 atom stereocenters. The molecule has 3 unspecified atom stereocenters. The summed E-state index contributed by atoms with van der Waals surface area (Å²) in [6.45, 7) is 7.93. The van der Waals surface area contributed by atoms with Gasteiger partial charge in [0.25, 0.3) is 0 Å². The molecule has 1 N–H and O–H groups in total. The van der Waals surface area contributed by atoms with Crippen LogP contribution in [-0.4, -0.2) is 45.8 Å². The Hall–Kier alpha value is -0.550. The van der Waals surface area contributed by atoms with E-state index in [0.717, 1.165) is 18.6 Å². The Morgan fingerprint density at radius 1 is 1.32 bits per heavy atom. The summed E-state index contributed by atoms with van der Waals surface area (Å²) in [6.07, 6.45) is 1.87. The molecule has 2 heterocycles. The van der Waals surface area contributed by atoms with E-state index in [9.17, 15) is 9.59 Å². The Morgan fingerprint density at radius 3 is 2.58 bits per heavy atom. The molecule has 2 fully saturated rings. The van der Waals surface area contributed by atoms with Gasteiger partial charge in [-0.1, -0.05) is 27.7 Å². The molecule has 0 aromatic carbocycles. The molecule has 0 aliphatic carbocycles. The average molecular weight is 284 g/mol. The fraction of sp³-hybridized carbons (Fsp3) is 0.857. The topological polar surface area (TPSA) is 49.4 Å². The maximum Gasteiger partial charge on any atom is 0.241 e. The van der Waals surface area contributed by atoms with Crippen molar-refractivity contribution in [2.24, 2.45) is 5.92 Å². The molecule has 0 bridgehead atoms. The van der Waals surface area contributed by atoms with Crippen molar-refractivity contribution < 1.29 is 9.59 Å². The highest BCUT2D eigenvalue weighted by atomic mass is 32.2. The predicted octanol–water partition coefficient (Wildman–Crippen LogP) is 1.64. The van der Waals surface area contributed by atoms with Crippen molar-refractivity contribution in [2.75, 3.05) is 5.75 Å². The second kappa shape index (κ2) is 5.83. The van der Waals surface area contributed by atoms with Crippen LogP contribution in [0.4, 0.5) is 0 Å². The highest BCUT2D eigenvalue weighted by Crippen LogP contribution is 2.37. The second-order valence-electron chi connectivity index (χ2n) is 6.06. The number of rotatable bonds is 4. The number of ketones is 1. The van der Waals surface area contributed by atoms with Crippen LogP contribution in [0.1, 0.15) is 40.5 Å². The molecule has 0 spiro atoms. The van der Waals surface area contributed by atoms with Gasteiger partial charge in [-0.15, -0.1) is 11.8 Å². The average Bonchev–Trinajstić information content (AvgIpc) is 2.75. The van der Waals surface area contributed by atoms with Crippen LogP contribution in [-0.2, 0) is 9.59 Å². The lowest BCUT2D eigenvalue weighted by molar-refractivity contribution is -0.144. The van der Waals surface area contributed by atoms with Crippen molar-refractivity contribution in [1.82, 2.24) is 10.2 Å². The first-order valence-corrected chi connectivity index (χ1v) is 8.20. The number of carbonyl (C=O) groups excluding carboxylic acids is 2. The lowest BCUT2D eigenvalue weighted by Gasteiger charge is -2.38. The minimum absolute atomic E-state index is 0.00409. The first-order chi connectivity index (χ1) is 8.91. The maximum absolute atomic E-state index is 12.6. The molecule has 0 aromatic heterocycles. The zero-order valence-electron chi connectivity index (χ0n) is 12.2. The third-order valence-corrected chi connectivity index (χ3v) is 5.14. The van der Waals surface area contributed by atoms with Gasteiger partial charge in [0.15, 0.2) is 5.78 Å². The summed E-state index contributed by atoms with van der Waals surface area (Å²) in [5.74, 6) is 1.08. The molecule has 0 aromatic rings. The number of hydrogen-bond donors (Lipinski definition) is 1. The van der Waals surface area contributed by atoms with Gasteiger partial charge in [0.1, 0.15) is 6.04 Å². The molecule has 1 amide bonds. The lowest BCUT2D eigenvalue weighted by atomic mass is 9.97. The highest BCUT2D eigenvalue weighted by molar-refractivity contribution is 8.00. The van der Waals surface area contributed by atoms with E-state index in [2.05, 4.69) is 19.2 Å². The van der Waals surface area contributed by atoms with Gasteiger partial charge in [0.2, 0.25) is 5.91 Å². The first kappa shape index (κ1) is 14.9. The highest BCUT2D eigenvalue weighted by Gasteiger charge is 2.46. The standard InChI is InChI=1S/C14H24N2O2S/c1-8(2)13(17)11-7-19-12-6-5-10(15-9(3)4)14(18)16(11)12/h8-12,15H,5-7H2,1-4H3. The zero-order valence-corrected chi connectivity index (χ0v) is 13.0. The molecule has 2 saturated heterocycles. The van der Waals surface area contributed by atoms with Crippen LogP contribution in [0, 0.1) is 5.92 Å². The normalized spacial score (nSPS) is 31.2. The number of amides is 1. The summed E-state index contributed by atoms with van der Waals surface area (Å²) in [7, 11) is 0. The minimum Gasteiger partial charge on any atom is -0.318 e. The quantitative estimate of drug-likeness (QED) is 0.852. The van der Waals surface area contributed by atoms with E-state index in [1.165, 1.54) is 0 Å². The van der Waals surface area contributed by atoms with Crippen LogP contribution in [0.25, 0.3) is 0 Å². The Labute approximate surface area is 119 Å². The molecular formula is C14H24N2O2S. The molecule has 0 saturated carbocycles. The van der Waals surface area contributed by atoms with Crippen molar-refractivity contribution >= 4 is 23.5 Å². The second-order valence-corrected chi connectivity index (χ2v) is 7.27. The van der Waals surface area contributed by atoms with Gasteiger partial charge in [-0.25, -0.2) is 0 Å². The Balaban J connectivity index is 2.12. The van der Waals surface area contributed by atoms with Gasteiger partial charge in [-0.3, -0.25) is 9.59 Å². The summed E-state index contributed by atoms with van der Waals surface area (Å²) >= 11 is 1.76. The zero-order chi connectivity index (χ0) is 14.2. The van der Waals surface area contributed by atoms with E-state index in [0.29, 0.717) is 6.04 Å². The van der Waals surface area contributed by atoms with Crippen LogP contribution in [0.15, 0.2) is 0 Å². The fourth-order valence-electron chi connectivity index (χ4n) is 2.86. The summed E-state index contributed by atoms with van der Waals surface area (Å²) < 4.78 is 0. The number of carbonyl (C=O) groups is 2. The molecule has 2 aliphatic heterocycles. The van der Waals surface area contributed by atoms with Gasteiger partial charge < -0.3 is 10.2 Å². The number of nitrogens with one attached hydrogen (secondary N) is 1. The predicted molar refractivity (Wildman–Crippen MR) is 78.0 cm³/mol. The molecule has 4 nitrogen and oxygen atoms in total. The van der Waals surface area contributed by atoms with E-state index >= 15 is 0 Å². The monoisotopic (exact) mass is 284 g/mol. The van der Waals surface area contributed by atoms with Crippen LogP contribution in [0.5, 0.6) is 0 Å². The van der Waals surface area contributed by atoms with Crippen LogP contribution in [0.2, 0.25) is 0 Å². The summed E-state index contributed by atoms with van der Waals surface area (Å²) in [5, 5.41) is 3.53. The largest absolute Gasteiger partial charge is 0.318 e. The Kier molecular flexibility index (Phi) is 4.56. The number of hydrogen-bond acceptors (Lipinski definition) is 4. The molecule has 0 radical (unpaired) electrons. The van der Waals surface area contributed by atoms with Gasteiger partial charge >= 0.3 is 0 Å². The number of thioether (sulfide) groups is 1. The summed E-state index contributed by atoms with van der Waals surface area (Å²) in [4.78, 5) is 26.7. The molecule has 2 aliphatic rings. The summed E-state index contributed by atoms with van der Waals surface area (Å²) in [6, 6.07) is -0.0309. The van der Waals surface area contributed by atoms with Gasteiger partial charge in [0.05, 0.1) is 11.4 Å². The van der Waals surface area contributed by atoms with E-state index in [4.69, 9.17) is 0 Å². The number of fused-ring (bicyclic) bond motifs is 1. The van der Waals surface area contributed by atoms with Crippen LogP contribution >= 0.6 is 11.8 Å². The van der Waals surface area contributed by atoms with E-state index < -0.39 is 0 Å². The molecule has 19 heavy (non-hydrogen) atoms. The molecule has 108 valence electrons. The minimum atomic E-state index is -0.209. The van der Waals surface area contributed by atoms with Crippen LogP contribution < -0.4 is 5.32 Å². The molecule has 5 heteroatoms. The van der Waals surface area contributed by atoms with Gasteiger partial charge in [-0.05, 0) is 12.8 Å². The van der Waals surface area contributed by atoms with E-state index in [1.807, 2.05) is 18.7 Å². The Morgan fingerprint density at radius 2 is 2.00 bits per heavy atom. The fourth-order valence-corrected chi connectivity index (χ4v) is 4.30. The molecule has 2 rings (SSSR count). The number of Topliss-reactive ketones (excluding diaryl/α,β-unsaturated/α-hetero) is 1. The SMILES string of the molecule is CC(C)NC1CCC2SCC(C(=O)C(C)C)N2C1=O. The lowest BCUT2D eigenvalue weighted by Crippen LogP contribution is -2.58. The maximum atomic E-state index is 12.6. The number of piperidine rings is 1. The van der Waals surface area contributed by atoms with Crippen molar-refractivity contribution in [2.45, 2.75) is 64.0 Å². The van der Waals surface area contributed by atoms with Gasteiger partial charge in [-0.2, -0.15) is 0 Å².